The van der Waals surface area contributed by atoms with Crippen LogP contribution in [0.2, 0.25) is 0 Å². The zero-order valence-electron chi connectivity index (χ0n) is 9.50. The fourth-order valence-corrected chi connectivity index (χ4v) is 2.13. The van der Waals surface area contributed by atoms with Crippen LogP contribution in [0.4, 0.5) is 23.7 Å². The van der Waals surface area contributed by atoms with E-state index < -0.39 is 17.8 Å². The van der Waals surface area contributed by atoms with Crippen LogP contribution in [0.25, 0.3) is 0 Å². The van der Waals surface area contributed by atoms with Crippen molar-refractivity contribution in [1.82, 2.24) is 0 Å². The molecule has 1 aromatic rings. The highest BCUT2D eigenvalue weighted by atomic mass is 19.4. The molecule has 3 nitrogen and oxygen atoms in total. The van der Waals surface area contributed by atoms with E-state index in [1.807, 2.05) is 0 Å². The maximum absolute atomic E-state index is 12.6. The van der Waals surface area contributed by atoms with Gasteiger partial charge in [-0.3, -0.25) is 4.90 Å². The molecule has 0 aliphatic carbocycles. The number of anilines is 1. The number of aryl methyl sites for hydroxylation is 1. The lowest BCUT2D eigenvalue weighted by atomic mass is 10.0. The maximum Gasteiger partial charge on any atom is 0.416 e. The standard InChI is InChI=1S/C12H12F3NO2/c13-12(14,15)9-4-5-10-8(7-9)3-1-2-6-16(10)11(17)18/h4-5,7H,1-3,6H2,(H,17,18). The van der Waals surface area contributed by atoms with Gasteiger partial charge in [-0.1, -0.05) is 0 Å². The van der Waals surface area contributed by atoms with Crippen molar-refractivity contribution in [2.45, 2.75) is 25.4 Å². The molecule has 1 heterocycles. The number of hydrogen-bond acceptors (Lipinski definition) is 1. The zero-order valence-corrected chi connectivity index (χ0v) is 9.50. The normalized spacial score (nSPS) is 16.1. The molecule has 0 aromatic heterocycles. The van der Waals surface area contributed by atoms with E-state index in [1.165, 1.54) is 6.07 Å². The molecule has 2 rings (SSSR count). The van der Waals surface area contributed by atoms with Crippen molar-refractivity contribution < 1.29 is 23.1 Å². The molecule has 0 bridgehead atoms. The van der Waals surface area contributed by atoms with Crippen molar-refractivity contribution >= 4 is 11.8 Å². The van der Waals surface area contributed by atoms with E-state index in [4.69, 9.17) is 5.11 Å². The second-order valence-electron chi connectivity index (χ2n) is 4.23. The molecule has 0 unspecified atom stereocenters. The molecule has 1 aliphatic rings. The molecule has 1 amide bonds. The van der Waals surface area contributed by atoms with Crippen LogP contribution in [-0.4, -0.2) is 17.7 Å². The summed E-state index contributed by atoms with van der Waals surface area (Å²) in [7, 11) is 0. The minimum atomic E-state index is -4.39. The summed E-state index contributed by atoms with van der Waals surface area (Å²) < 4.78 is 37.8. The maximum atomic E-state index is 12.6. The van der Waals surface area contributed by atoms with E-state index in [-0.39, 0.29) is 0 Å². The fourth-order valence-electron chi connectivity index (χ4n) is 2.13. The number of rotatable bonds is 0. The minimum absolute atomic E-state index is 0.327. The molecule has 1 aliphatic heterocycles. The second kappa shape index (κ2) is 4.51. The quantitative estimate of drug-likeness (QED) is 0.774. The summed E-state index contributed by atoms with van der Waals surface area (Å²) >= 11 is 0. The highest BCUT2D eigenvalue weighted by molar-refractivity contribution is 5.87. The summed E-state index contributed by atoms with van der Waals surface area (Å²) in [5, 5.41) is 9.04. The first-order chi connectivity index (χ1) is 8.39. The van der Waals surface area contributed by atoms with Gasteiger partial charge in [-0.15, -0.1) is 0 Å². The summed E-state index contributed by atoms with van der Waals surface area (Å²) in [6.45, 7) is 0.327. The van der Waals surface area contributed by atoms with Gasteiger partial charge in [0.05, 0.1) is 11.3 Å². The zero-order chi connectivity index (χ0) is 13.3. The van der Waals surface area contributed by atoms with Gasteiger partial charge in [0.25, 0.3) is 0 Å². The number of benzene rings is 1. The van der Waals surface area contributed by atoms with Gasteiger partial charge < -0.3 is 5.11 Å². The number of nitrogens with zero attached hydrogens (tertiary/aromatic N) is 1. The third kappa shape index (κ3) is 2.42. The van der Waals surface area contributed by atoms with E-state index in [0.717, 1.165) is 17.0 Å². The number of fused-ring (bicyclic) bond motifs is 1. The predicted molar refractivity (Wildman–Crippen MR) is 59.8 cm³/mol. The molecule has 1 aromatic carbocycles. The molecule has 1 N–H and O–H groups in total. The summed E-state index contributed by atoms with van der Waals surface area (Å²) in [4.78, 5) is 12.2. The monoisotopic (exact) mass is 259 g/mol. The largest absolute Gasteiger partial charge is 0.465 e. The molecule has 98 valence electrons. The molecule has 0 saturated carbocycles. The van der Waals surface area contributed by atoms with Gasteiger partial charge >= 0.3 is 12.3 Å². The first kappa shape index (κ1) is 12.7. The highest BCUT2D eigenvalue weighted by Crippen LogP contribution is 2.34. The third-order valence-electron chi connectivity index (χ3n) is 3.01. The van der Waals surface area contributed by atoms with Crippen LogP contribution >= 0.6 is 0 Å². The molecular formula is C12H12F3NO2. The molecule has 0 atom stereocenters. The van der Waals surface area contributed by atoms with Crippen LogP contribution in [0.15, 0.2) is 18.2 Å². The average molecular weight is 259 g/mol. The highest BCUT2D eigenvalue weighted by Gasteiger charge is 2.32. The molecular weight excluding hydrogens is 247 g/mol. The Morgan fingerprint density at radius 3 is 2.61 bits per heavy atom. The molecule has 0 fully saturated rings. The van der Waals surface area contributed by atoms with Crippen LogP contribution < -0.4 is 4.90 Å². The Balaban J connectivity index is 2.46. The van der Waals surface area contributed by atoms with Crippen molar-refractivity contribution in [3.8, 4) is 0 Å². The van der Waals surface area contributed by atoms with Gasteiger partial charge in [0.15, 0.2) is 0 Å². The number of amides is 1. The Kier molecular flexibility index (Phi) is 3.19. The molecule has 0 radical (unpaired) electrons. The first-order valence-corrected chi connectivity index (χ1v) is 5.60. The van der Waals surface area contributed by atoms with Crippen molar-refractivity contribution in [1.29, 1.82) is 0 Å². The summed E-state index contributed by atoms with van der Waals surface area (Å²) in [6, 6.07) is 3.23. The van der Waals surface area contributed by atoms with Crippen LogP contribution in [0.1, 0.15) is 24.0 Å². The van der Waals surface area contributed by atoms with Crippen LogP contribution in [0, 0.1) is 0 Å². The van der Waals surface area contributed by atoms with Crippen molar-refractivity contribution in [3.63, 3.8) is 0 Å². The molecule has 18 heavy (non-hydrogen) atoms. The second-order valence-corrected chi connectivity index (χ2v) is 4.23. The first-order valence-electron chi connectivity index (χ1n) is 5.60. The lowest BCUT2D eigenvalue weighted by molar-refractivity contribution is -0.137. The van der Waals surface area contributed by atoms with Crippen LogP contribution in [-0.2, 0) is 12.6 Å². The minimum Gasteiger partial charge on any atom is -0.465 e. The van der Waals surface area contributed by atoms with Crippen molar-refractivity contribution in [3.05, 3.63) is 29.3 Å². The SMILES string of the molecule is O=C(O)N1CCCCc2cc(C(F)(F)F)ccc21. The van der Waals surface area contributed by atoms with Gasteiger partial charge in [0.1, 0.15) is 0 Å². The van der Waals surface area contributed by atoms with E-state index in [0.29, 0.717) is 37.1 Å². The number of alkyl halides is 3. The van der Waals surface area contributed by atoms with Gasteiger partial charge in [-0.25, -0.2) is 4.79 Å². The van der Waals surface area contributed by atoms with E-state index in [2.05, 4.69) is 0 Å². The van der Waals surface area contributed by atoms with Gasteiger partial charge in [-0.2, -0.15) is 13.2 Å². The Hall–Kier alpha value is -1.72. The van der Waals surface area contributed by atoms with Gasteiger partial charge in [-0.05, 0) is 43.0 Å². The average Bonchev–Trinajstić information content (AvgIpc) is 2.48. The van der Waals surface area contributed by atoms with E-state index >= 15 is 0 Å². The number of hydrogen-bond donors (Lipinski definition) is 1. The molecule has 0 spiro atoms. The van der Waals surface area contributed by atoms with Gasteiger partial charge in [0.2, 0.25) is 0 Å². The van der Waals surface area contributed by atoms with Crippen LogP contribution in [0.5, 0.6) is 0 Å². The third-order valence-corrected chi connectivity index (χ3v) is 3.01. The summed E-state index contributed by atoms with van der Waals surface area (Å²) in [5.74, 6) is 0. The van der Waals surface area contributed by atoms with Crippen LogP contribution in [0.3, 0.4) is 0 Å². The summed E-state index contributed by atoms with van der Waals surface area (Å²) in [5.41, 5.74) is 0.0891. The Bertz CT molecular complexity index is 471. The number of halogens is 3. The fraction of sp³-hybridized carbons (Fsp3) is 0.417. The van der Waals surface area contributed by atoms with Crippen molar-refractivity contribution in [2.24, 2.45) is 0 Å². The lowest BCUT2D eigenvalue weighted by Crippen LogP contribution is -2.30. The summed E-state index contributed by atoms with van der Waals surface area (Å²) in [6.07, 6.45) is -3.70. The smallest absolute Gasteiger partial charge is 0.416 e. The molecule has 0 saturated heterocycles. The van der Waals surface area contributed by atoms with Crippen molar-refractivity contribution in [2.75, 3.05) is 11.4 Å². The number of carboxylic acid groups (broad SMARTS) is 1. The van der Waals surface area contributed by atoms with Gasteiger partial charge in [0, 0.05) is 6.54 Å². The Morgan fingerprint density at radius 2 is 2.00 bits per heavy atom. The van der Waals surface area contributed by atoms with E-state index in [9.17, 15) is 18.0 Å². The van der Waals surface area contributed by atoms with E-state index in [1.54, 1.807) is 0 Å². The number of carbonyl (C=O) groups is 1. The molecule has 6 heteroatoms. The Labute approximate surface area is 102 Å². The Morgan fingerprint density at radius 1 is 1.28 bits per heavy atom. The predicted octanol–water partition coefficient (Wildman–Crippen LogP) is 3.53. The topological polar surface area (TPSA) is 40.5 Å². The lowest BCUT2D eigenvalue weighted by Gasteiger charge is -2.20.